The number of carbonyl (C=O) groups excluding carboxylic acids is 1. The summed E-state index contributed by atoms with van der Waals surface area (Å²) >= 11 is 0. The molecule has 48 valence electrons. The number of rotatable bonds is 0. The van der Waals surface area contributed by atoms with E-state index in [1.165, 1.54) is 0 Å². The second kappa shape index (κ2) is 16.6. The molecular formula is CHKNNaO6. The van der Waals surface area contributed by atoms with Crippen LogP contribution in [-0.4, -0.2) is 16.4 Å². The second-order valence-corrected chi connectivity index (χ2v) is 0.488. The van der Waals surface area contributed by atoms with Crippen LogP contribution in [-0.2, 0) is 0 Å². The van der Waals surface area contributed by atoms with Crippen molar-refractivity contribution in [3.63, 3.8) is 0 Å². The van der Waals surface area contributed by atoms with Gasteiger partial charge in [-0.3, -0.25) is 0 Å². The van der Waals surface area contributed by atoms with Crippen LogP contribution in [0.1, 0.15) is 0 Å². The van der Waals surface area contributed by atoms with Gasteiger partial charge in [0.15, 0.2) is 0 Å². The molecule has 0 aromatic carbocycles. The van der Waals surface area contributed by atoms with Gasteiger partial charge in [-0.2, -0.15) is 0 Å². The van der Waals surface area contributed by atoms with Crippen LogP contribution in [0.5, 0.6) is 0 Å². The molecule has 0 saturated heterocycles. The van der Waals surface area contributed by atoms with Crippen LogP contribution >= 0.6 is 0 Å². The predicted molar refractivity (Wildman–Crippen MR) is 14.2 cm³/mol. The van der Waals surface area contributed by atoms with E-state index in [9.17, 15) is 0 Å². The third-order valence-corrected chi connectivity index (χ3v) is 0. The van der Waals surface area contributed by atoms with Gasteiger partial charge in [0.1, 0.15) is 0 Å². The van der Waals surface area contributed by atoms with Gasteiger partial charge < -0.3 is 20.2 Å². The van der Waals surface area contributed by atoms with Crippen molar-refractivity contribution in [3.8, 4) is 0 Å². The van der Waals surface area contributed by atoms with Gasteiger partial charge in [0.25, 0.3) is 5.09 Å². The molecular weight excluding hydrogens is 184 g/mol. The average Bonchev–Trinajstić information content (AvgIpc) is 1.25. The van der Waals surface area contributed by atoms with Gasteiger partial charge in [-0.15, -0.1) is 10.1 Å². The first-order valence-electron chi connectivity index (χ1n) is 1.18. The molecule has 1 N–H and O–H groups in total. The van der Waals surface area contributed by atoms with Crippen molar-refractivity contribution in [2.24, 2.45) is 0 Å². The molecule has 10 heavy (non-hydrogen) atoms. The summed E-state index contributed by atoms with van der Waals surface area (Å²) in [6.07, 6.45) is -2.33. The van der Waals surface area contributed by atoms with E-state index in [4.69, 9.17) is 30.3 Å². The SMILES string of the molecule is O=C([O-])[O-].O=[N+]([O-])O.[K+].[Na+]. The minimum absolute atomic E-state index is 0. The van der Waals surface area contributed by atoms with Crippen LogP contribution in [0.4, 0.5) is 4.79 Å². The average molecular weight is 185 g/mol. The van der Waals surface area contributed by atoms with Crippen LogP contribution in [0.15, 0.2) is 0 Å². The summed E-state index contributed by atoms with van der Waals surface area (Å²) in [4.78, 5) is 16.7. The minimum Gasteiger partial charge on any atom is -0.652 e. The molecule has 0 aliphatic heterocycles. The quantitative estimate of drug-likeness (QED) is 0.227. The second-order valence-electron chi connectivity index (χ2n) is 0.488. The van der Waals surface area contributed by atoms with Gasteiger partial charge in [0.05, 0.1) is 0 Å². The fourth-order valence-corrected chi connectivity index (χ4v) is 0. The molecule has 7 nitrogen and oxygen atoms in total. The maximum atomic E-state index is 8.36. The van der Waals surface area contributed by atoms with Gasteiger partial charge >= 0.3 is 80.9 Å². The normalized spacial score (nSPS) is 4.80. The molecule has 0 amide bonds. The summed E-state index contributed by atoms with van der Waals surface area (Å²) < 4.78 is 0. The molecule has 0 radical (unpaired) electrons. The maximum absolute atomic E-state index is 8.36. The Morgan fingerprint density at radius 2 is 1.40 bits per heavy atom. The fourth-order valence-electron chi connectivity index (χ4n) is 0. The van der Waals surface area contributed by atoms with E-state index in [1.54, 1.807) is 0 Å². The summed E-state index contributed by atoms with van der Waals surface area (Å²) in [5, 5.41) is 30.3. The van der Waals surface area contributed by atoms with E-state index in [1.807, 2.05) is 0 Å². The Labute approximate surface area is 120 Å². The maximum Gasteiger partial charge on any atom is 1.00 e. The smallest absolute Gasteiger partial charge is 0.652 e. The Kier molecular flexibility index (Phi) is 37.3. The third-order valence-electron chi connectivity index (χ3n) is 0. The molecule has 0 fully saturated rings. The van der Waals surface area contributed by atoms with Crippen molar-refractivity contribution < 1.29 is 106 Å². The van der Waals surface area contributed by atoms with Gasteiger partial charge in [-0.25, -0.2) is 0 Å². The minimum atomic E-state index is -2.33. The zero-order valence-corrected chi connectivity index (χ0v) is 10.6. The molecule has 0 rings (SSSR count). The van der Waals surface area contributed by atoms with E-state index >= 15 is 0 Å². The largest absolute Gasteiger partial charge is 1.00 e. The summed E-state index contributed by atoms with van der Waals surface area (Å²) in [6.45, 7) is 0. The molecule has 9 heteroatoms. The first-order chi connectivity index (χ1) is 3.46. The van der Waals surface area contributed by atoms with Crippen LogP contribution in [0.2, 0.25) is 0 Å². The molecule has 0 aliphatic carbocycles. The van der Waals surface area contributed by atoms with Crippen molar-refractivity contribution in [3.05, 3.63) is 10.1 Å². The zero-order chi connectivity index (χ0) is 7.15. The van der Waals surface area contributed by atoms with Crippen molar-refractivity contribution in [1.29, 1.82) is 0 Å². The van der Waals surface area contributed by atoms with E-state index < -0.39 is 11.2 Å². The van der Waals surface area contributed by atoms with Crippen molar-refractivity contribution in [1.82, 2.24) is 0 Å². The van der Waals surface area contributed by atoms with Gasteiger partial charge in [-0.1, -0.05) is 0 Å². The first kappa shape index (κ1) is 22.5. The van der Waals surface area contributed by atoms with E-state index in [0.29, 0.717) is 0 Å². The summed E-state index contributed by atoms with van der Waals surface area (Å²) in [6, 6.07) is 0. The van der Waals surface area contributed by atoms with E-state index in [2.05, 4.69) is 0 Å². The Hall–Kier alpha value is 1.11. The summed E-state index contributed by atoms with van der Waals surface area (Å²) in [5.41, 5.74) is 0. The molecule has 0 unspecified atom stereocenters. The first-order valence-corrected chi connectivity index (χ1v) is 1.18. The Morgan fingerprint density at radius 1 is 1.40 bits per heavy atom. The van der Waals surface area contributed by atoms with Crippen LogP contribution in [0.3, 0.4) is 0 Å². The van der Waals surface area contributed by atoms with Crippen LogP contribution in [0, 0.1) is 10.1 Å². The molecule has 0 heterocycles. The number of hydrogen-bond acceptors (Lipinski definition) is 5. The molecule has 0 aromatic heterocycles. The monoisotopic (exact) mass is 185 g/mol. The number of carbonyl (C=O) groups is 1. The van der Waals surface area contributed by atoms with Gasteiger partial charge in [0.2, 0.25) is 0 Å². The van der Waals surface area contributed by atoms with Gasteiger partial charge in [0, 0.05) is 0 Å². The number of nitrogens with zero attached hydrogens (tertiary/aromatic N) is 1. The van der Waals surface area contributed by atoms with Gasteiger partial charge in [-0.05, 0) is 6.16 Å². The van der Waals surface area contributed by atoms with Crippen molar-refractivity contribution >= 4 is 6.16 Å². The fraction of sp³-hybridized carbons (Fsp3) is 0. The molecule has 0 aliphatic rings. The topological polar surface area (TPSA) is 127 Å². The molecule has 0 spiro atoms. The third kappa shape index (κ3) is 489. The number of hydrogen-bond donors (Lipinski definition) is 1. The Balaban J connectivity index is -0.0000000300. The van der Waals surface area contributed by atoms with E-state index in [-0.39, 0.29) is 80.9 Å². The molecule has 0 atom stereocenters. The Bertz CT molecular complexity index is 75.7. The zero-order valence-electron chi connectivity index (χ0n) is 5.44. The summed E-state index contributed by atoms with van der Waals surface area (Å²) in [7, 11) is 0. The Morgan fingerprint density at radius 3 is 1.40 bits per heavy atom. The predicted octanol–water partition coefficient (Wildman–Crippen LogP) is -8.79. The molecule has 0 aromatic rings. The van der Waals surface area contributed by atoms with Crippen molar-refractivity contribution in [2.75, 3.05) is 0 Å². The standard InChI is InChI=1S/CH2O3.K.HNO3.Na/c2-1(3)4;;2-1(3)4;/h(H2,2,3,4);;(H,2,3,4);/q;+1;;+1/p-2. The molecule has 0 bridgehead atoms. The molecule has 0 saturated carbocycles. The number of carboxylic acid groups (broad SMARTS) is 2. The van der Waals surface area contributed by atoms with Crippen molar-refractivity contribution in [2.45, 2.75) is 0 Å². The van der Waals surface area contributed by atoms with E-state index in [0.717, 1.165) is 0 Å². The summed E-state index contributed by atoms with van der Waals surface area (Å²) in [5.74, 6) is 0. The van der Waals surface area contributed by atoms with Crippen LogP contribution in [0.25, 0.3) is 0 Å². The van der Waals surface area contributed by atoms with Crippen LogP contribution < -0.4 is 91.2 Å².